The molecule has 0 aliphatic heterocycles. The number of carbonyl (C=O) groups excluding carboxylic acids is 1. The van der Waals surface area contributed by atoms with Crippen LogP contribution in [0.3, 0.4) is 0 Å². The Hall–Kier alpha value is -3.55. The lowest BCUT2D eigenvalue weighted by Gasteiger charge is -2.15. The lowest BCUT2D eigenvalue weighted by molar-refractivity contribution is -0.121. The molecule has 154 valence electrons. The van der Waals surface area contributed by atoms with Crippen LogP contribution in [0.1, 0.15) is 36.8 Å². The van der Waals surface area contributed by atoms with Gasteiger partial charge in [-0.3, -0.25) is 9.36 Å². The second-order valence-corrected chi connectivity index (χ2v) is 6.96. The Morgan fingerprint density at radius 1 is 1.10 bits per heavy atom. The van der Waals surface area contributed by atoms with Crippen molar-refractivity contribution in [3.05, 3.63) is 71.9 Å². The molecule has 0 saturated heterocycles. The van der Waals surface area contributed by atoms with Crippen molar-refractivity contribution in [1.29, 1.82) is 0 Å². The quantitative estimate of drug-likeness (QED) is 0.495. The van der Waals surface area contributed by atoms with E-state index >= 15 is 0 Å². The van der Waals surface area contributed by atoms with Crippen LogP contribution in [-0.2, 0) is 11.2 Å². The fraction of sp³-hybridized carbons (Fsp3) is 0.227. The van der Waals surface area contributed by atoms with E-state index in [1.165, 1.54) is 0 Å². The highest BCUT2D eigenvalue weighted by atomic mass is 19.3. The minimum absolute atomic E-state index is 0.0264. The molecule has 2 aromatic carbocycles. The second-order valence-electron chi connectivity index (χ2n) is 6.96. The molecule has 0 radical (unpaired) electrons. The summed E-state index contributed by atoms with van der Waals surface area (Å²) in [5, 5.41) is 2.74. The number of hydrogen-bond acceptors (Lipinski definition) is 4. The van der Waals surface area contributed by atoms with Crippen molar-refractivity contribution >= 4 is 16.9 Å². The van der Waals surface area contributed by atoms with E-state index in [0.29, 0.717) is 28.4 Å². The van der Waals surface area contributed by atoms with Crippen molar-refractivity contribution in [2.45, 2.75) is 32.9 Å². The Morgan fingerprint density at radius 2 is 1.80 bits per heavy atom. The van der Waals surface area contributed by atoms with E-state index in [0.717, 1.165) is 10.1 Å². The number of imidazole rings is 1. The number of amides is 1. The van der Waals surface area contributed by atoms with Crippen LogP contribution in [0.2, 0.25) is 0 Å². The van der Waals surface area contributed by atoms with Crippen LogP contribution < -0.4 is 5.32 Å². The maximum absolute atomic E-state index is 13.6. The number of halogens is 2. The number of para-hydroxylation sites is 2. The molecular weight excluding hydrogens is 390 g/mol. The second kappa shape index (κ2) is 8.06. The van der Waals surface area contributed by atoms with E-state index in [2.05, 4.69) is 15.3 Å². The molecule has 4 aromatic rings. The molecule has 0 fully saturated rings. The van der Waals surface area contributed by atoms with Gasteiger partial charge in [-0.1, -0.05) is 30.3 Å². The van der Waals surface area contributed by atoms with Crippen LogP contribution in [0.5, 0.6) is 0 Å². The van der Waals surface area contributed by atoms with Crippen LogP contribution in [0, 0.1) is 6.92 Å². The smallest absolute Gasteiger partial charge is 0.320 e. The van der Waals surface area contributed by atoms with E-state index in [4.69, 9.17) is 4.42 Å². The van der Waals surface area contributed by atoms with E-state index in [1.54, 1.807) is 38.1 Å². The summed E-state index contributed by atoms with van der Waals surface area (Å²) in [6, 6.07) is 15.3. The zero-order valence-corrected chi connectivity index (χ0v) is 16.5. The first-order chi connectivity index (χ1) is 14.4. The standard InChI is InChI=1S/C22H20F2N4O2/c1-13(20-26-16-10-6-7-11-18(16)28(20)22(23)24)25-19(29)12-17-14(2)30-21(27-17)15-8-4-3-5-9-15/h3-11,13,22H,12H2,1-2H3,(H,25,29). The highest BCUT2D eigenvalue weighted by Gasteiger charge is 2.23. The third-order valence-corrected chi connectivity index (χ3v) is 4.82. The Labute approximate surface area is 171 Å². The molecule has 1 amide bonds. The number of oxazole rings is 1. The molecule has 0 saturated carbocycles. The topological polar surface area (TPSA) is 73.0 Å². The summed E-state index contributed by atoms with van der Waals surface area (Å²) < 4.78 is 33.8. The Balaban J connectivity index is 1.52. The zero-order valence-electron chi connectivity index (χ0n) is 16.5. The predicted molar refractivity (Wildman–Crippen MR) is 108 cm³/mol. The molecule has 0 aliphatic carbocycles. The van der Waals surface area contributed by atoms with Gasteiger partial charge in [0, 0.05) is 5.56 Å². The summed E-state index contributed by atoms with van der Waals surface area (Å²) in [4.78, 5) is 21.3. The molecule has 1 N–H and O–H groups in total. The van der Waals surface area contributed by atoms with Crippen molar-refractivity contribution < 1.29 is 18.0 Å². The Bertz CT molecular complexity index is 1180. The molecule has 0 spiro atoms. The average molecular weight is 410 g/mol. The Morgan fingerprint density at radius 3 is 2.53 bits per heavy atom. The van der Waals surface area contributed by atoms with Crippen LogP contribution in [-0.4, -0.2) is 20.4 Å². The number of aromatic nitrogens is 3. The van der Waals surface area contributed by atoms with Gasteiger partial charge >= 0.3 is 6.55 Å². The molecule has 4 rings (SSSR count). The van der Waals surface area contributed by atoms with Gasteiger partial charge in [0.05, 0.1) is 29.2 Å². The zero-order chi connectivity index (χ0) is 21.3. The lowest BCUT2D eigenvalue weighted by atomic mass is 10.2. The summed E-state index contributed by atoms with van der Waals surface area (Å²) in [5.41, 5.74) is 2.09. The van der Waals surface area contributed by atoms with E-state index in [-0.39, 0.29) is 18.2 Å². The maximum Gasteiger partial charge on any atom is 0.320 e. The van der Waals surface area contributed by atoms with E-state index in [9.17, 15) is 13.6 Å². The number of nitrogens with one attached hydrogen (secondary N) is 1. The molecule has 1 unspecified atom stereocenters. The maximum atomic E-state index is 13.6. The molecular formula is C22H20F2N4O2. The predicted octanol–water partition coefficient (Wildman–Crippen LogP) is 4.81. The van der Waals surface area contributed by atoms with Gasteiger partial charge in [-0.25, -0.2) is 9.97 Å². The minimum Gasteiger partial charge on any atom is -0.441 e. The van der Waals surface area contributed by atoms with Crippen molar-refractivity contribution in [2.75, 3.05) is 0 Å². The fourth-order valence-corrected chi connectivity index (χ4v) is 3.38. The van der Waals surface area contributed by atoms with Crippen molar-refractivity contribution in [3.8, 4) is 11.5 Å². The van der Waals surface area contributed by atoms with Crippen LogP contribution in [0.4, 0.5) is 8.78 Å². The molecule has 2 heterocycles. The summed E-state index contributed by atoms with van der Waals surface area (Å²) in [5.74, 6) is 0.715. The molecule has 8 heteroatoms. The van der Waals surface area contributed by atoms with Gasteiger partial charge in [0.15, 0.2) is 0 Å². The highest BCUT2D eigenvalue weighted by molar-refractivity contribution is 5.79. The van der Waals surface area contributed by atoms with Crippen molar-refractivity contribution in [1.82, 2.24) is 19.9 Å². The van der Waals surface area contributed by atoms with Gasteiger partial charge in [-0.05, 0) is 38.1 Å². The minimum atomic E-state index is -2.77. The number of nitrogens with zero attached hydrogens (tertiary/aromatic N) is 3. The summed E-state index contributed by atoms with van der Waals surface area (Å²) >= 11 is 0. The Kier molecular flexibility index (Phi) is 5.31. The number of rotatable bonds is 6. The molecule has 6 nitrogen and oxygen atoms in total. The van der Waals surface area contributed by atoms with Gasteiger partial charge in [-0.2, -0.15) is 8.78 Å². The summed E-state index contributed by atoms with van der Waals surface area (Å²) in [7, 11) is 0. The lowest BCUT2D eigenvalue weighted by Crippen LogP contribution is -2.30. The number of aryl methyl sites for hydroxylation is 1. The van der Waals surface area contributed by atoms with Gasteiger partial charge < -0.3 is 9.73 Å². The first kappa shape index (κ1) is 19.8. The molecule has 0 aliphatic rings. The molecule has 2 aromatic heterocycles. The first-order valence-corrected chi connectivity index (χ1v) is 9.50. The largest absolute Gasteiger partial charge is 0.441 e. The molecule has 0 bridgehead atoms. The first-order valence-electron chi connectivity index (χ1n) is 9.50. The third kappa shape index (κ3) is 3.80. The number of fused-ring (bicyclic) bond motifs is 1. The van der Waals surface area contributed by atoms with E-state index < -0.39 is 12.6 Å². The number of carbonyl (C=O) groups is 1. The normalized spacial score (nSPS) is 12.4. The summed E-state index contributed by atoms with van der Waals surface area (Å²) in [6.07, 6.45) is -0.0264. The number of benzene rings is 2. The average Bonchev–Trinajstić information content (AvgIpc) is 3.29. The van der Waals surface area contributed by atoms with Gasteiger partial charge in [-0.15, -0.1) is 0 Å². The SMILES string of the molecule is Cc1oc(-c2ccccc2)nc1CC(=O)NC(C)c1nc2ccccc2n1C(F)F. The van der Waals surface area contributed by atoms with Crippen molar-refractivity contribution in [2.24, 2.45) is 0 Å². The number of alkyl halides is 2. The van der Waals surface area contributed by atoms with Gasteiger partial charge in [0.2, 0.25) is 11.8 Å². The summed E-state index contributed by atoms with van der Waals surface area (Å²) in [6.45, 7) is 0.600. The van der Waals surface area contributed by atoms with Gasteiger partial charge in [0.25, 0.3) is 0 Å². The monoisotopic (exact) mass is 410 g/mol. The van der Waals surface area contributed by atoms with Gasteiger partial charge in [0.1, 0.15) is 11.6 Å². The molecule has 1 atom stereocenters. The van der Waals surface area contributed by atoms with Crippen LogP contribution in [0.25, 0.3) is 22.5 Å². The fourth-order valence-electron chi connectivity index (χ4n) is 3.38. The van der Waals surface area contributed by atoms with E-state index in [1.807, 2.05) is 30.3 Å². The third-order valence-electron chi connectivity index (χ3n) is 4.82. The number of hydrogen-bond donors (Lipinski definition) is 1. The van der Waals surface area contributed by atoms with Crippen molar-refractivity contribution in [3.63, 3.8) is 0 Å². The highest BCUT2D eigenvalue weighted by Crippen LogP contribution is 2.27. The molecule has 30 heavy (non-hydrogen) atoms. The van der Waals surface area contributed by atoms with Crippen LogP contribution >= 0.6 is 0 Å². The van der Waals surface area contributed by atoms with Crippen LogP contribution in [0.15, 0.2) is 59.0 Å².